The molecule has 1 aromatic heterocycles. The van der Waals surface area contributed by atoms with Crippen molar-refractivity contribution in [1.29, 1.82) is 0 Å². The number of para-hydroxylation sites is 1. The Bertz CT molecular complexity index is 1410. The van der Waals surface area contributed by atoms with Crippen LogP contribution >= 0.6 is 0 Å². The lowest BCUT2D eigenvalue weighted by molar-refractivity contribution is -0.908. The predicted molar refractivity (Wildman–Crippen MR) is 139 cm³/mol. The number of hydrogen-bond donors (Lipinski definition) is 1. The molecule has 2 aliphatic rings. The number of rotatable bonds is 10. The molecule has 0 bridgehead atoms. The highest BCUT2D eigenvalue weighted by atomic mass is 16.5. The minimum absolute atomic E-state index is 0.0443. The van der Waals surface area contributed by atoms with Crippen molar-refractivity contribution in [3.05, 3.63) is 65.1 Å². The lowest BCUT2D eigenvalue weighted by Gasteiger charge is -2.30. The molecule has 3 aromatic rings. The van der Waals surface area contributed by atoms with Crippen LogP contribution in [0.5, 0.6) is 17.2 Å². The maximum absolute atomic E-state index is 13.9. The number of Topliss-reactive ketones (excluding diaryl/α,β-unsaturated/α-hetero) is 1. The second kappa shape index (κ2) is 11.4. The molecule has 0 spiro atoms. The van der Waals surface area contributed by atoms with E-state index < -0.39 is 23.5 Å². The molecule has 39 heavy (non-hydrogen) atoms. The topological polar surface area (TPSA) is 115 Å². The second-order valence-electron chi connectivity index (χ2n) is 9.54. The van der Waals surface area contributed by atoms with Gasteiger partial charge < -0.3 is 38.3 Å². The van der Waals surface area contributed by atoms with Crippen molar-refractivity contribution in [1.82, 2.24) is 4.90 Å². The van der Waals surface area contributed by atoms with Gasteiger partial charge in [-0.3, -0.25) is 9.59 Å². The first kappa shape index (κ1) is 26.6. The zero-order valence-corrected chi connectivity index (χ0v) is 22.3. The van der Waals surface area contributed by atoms with Gasteiger partial charge in [0.15, 0.2) is 17.1 Å². The SMILES string of the molecule is COc1ccc(OC)c(C2C(C(=O)c3cc4cccc(OC)c4o3)=C([O-])C(=O)N2CCC[NH+]2CCOCC2)c1. The number of hydrogen-bond acceptors (Lipinski definition) is 8. The van der Waals surface area contributed by atoms with Gasteiger partial charge in [-0.15, -0.1) is 0 Å². The quantitative estimate of drug-likeness (QED) is 0.384. The fraction of sp³-hybridized carbons (Fsp3) is 0.379. The third-order valence-electron chi connectivity index (χ3n) is 7.34. The third-order valence-corrected chi connectivity index (χ3v) is 7.34. The second-order valence-corrected chi connectivity index (χ2v) is 9.54. The summed E-state index contributed by atoms with van der Waals surface area (Å²) in [6.45, 7) is 4.31. The molecular formula is C29H32N2O8. The molecule has 1 atom stereocenters. The number of nitrogens with one attached hydrogen (secondary N) is 1. The molecule has 1 unspecified atom stereocenters. The van der Waals surface area contributed by atoms with Gasteiger partial charge in [0.25, 0.3) is 0 Å². The minimum atomic E-state index is -0.961. The van der Waals surface area contributed by atoms with Gasteiger partial charge in [0.1, 0.15) is 24.6 Å². The van der Waals surface area contributed by atoms with Crippen molar-refractivity contribution in [2.75, 3.05) is 60.7 Å². The number of ether oxygens (including phenoxy) is 4. The highest BCUT2D eigenvalue weighted by molar-refractivity contribution is 6.16. The van der Waals surface area contributed by atoms with Crippen molar-refractivity contribution in [2.24, 2.45) is 0 Å². The van der Waals surface area contributed by atoms with Crippen LogP contribution in [0.3, 0.4) is 0 Å². The van der Waals surface area contributed by atoms with Crippen LogP contribution in [-0.4, -0.2) is 77.3 Å². The van der Waals surface area contributed by atoms with E-state index in [1.165, 1.54) is 31.1 Å². The summed E-state index contributed by atoms with van der Waals surface area (Å²) >= 11 is 0. The molecule has 0 saturated carbocycles. The third kappa shape index (κ3) is 5.05. The number of ketones is 1. The molecule has 1 N–H and O–H groups in total. The van der Waals surface area contributed by atoms with Crippen LogP contribution in [-0.2, 0) is 9.53 Å². The fourth-order valence-corrected chi connectivity index (χ4v) is 5.33. The van der Waals surface area contributed by atoms with Gasteiger partial charge in [-0.05, 0) is 36.1 Å². The van der Waals surface area contributed by atoms with E-state index in [9.17, 15) is 14.7 Å². The average molecular weight is 537 g/mol. The van der Waals surface area contributed by atoms with Crippen LogP contribution in [0.2, 0.25) is 0 Å². The van der Waals surface area contributed by atoms with E-state index in [2.05, 4.69) is 0 Å². The first-order valence-electron chi connectivity index (χ1n) is 12.9. The Labute approximate surface area is 226 Å². The summed E-state index contributed by atoms with van der Waals surface area (Å²) < 4.78 is 27.7. The standard InChI is InChI=1S/C29H32N2O8/c1-35-19-8-9-21(36-2)20(17-19)25-24(26(32)23-16-18-6-4-7-22(37-3)28(18)39-23)27(33)29(34)31(25)11-5-10-30-12-14-38-15-13-30/h4,6-9,16-17,25,33H,5,10-15H2,1-3H3. The van der Waals surface area contributed by atoms with Gasteiger partial charge in [0, 0.05) is 29.5 Å². The lowest BCUT2D eigenvalue weighted by atomic mass is 9.94. The summed E-state index contributed by atoms with van der Waals surface area (Å²) in [5.74, 6) is -0.859. The molecule has 0 radical (unpaired) electrons. The number of methoxy groups -OCH3 is 3. The smallest absolute Gasteiger partial charge is 0.239 e. The van der Waals surface area contributed by atoms with E-state index >= 15 is 0 Å². The molecule has 1 amide bonds. The summed E-state index contributed by atoms with van der Waals surface area (Å²) in [6.07, 6.45) is 0.653. The molecule has 10 nitrogen and oxygen atoms in total. The predicted octanol–water partition coefficient (Wildman–Crippen LogP) is 1.14. The van der Waals surface area contributed by atoms with Gasteiger partial charge in [0.2, 0.25) is 11.7 Å². The molecule has 10 heteroatoms. The van der Waals surface area contributed by atoms with Crippen LogP contribution in [0.25, 0.3) is 11.0 Å². The number of benzene rings is 2. The number of quaternary nitrogens is 1. The normalized spacial score (nSPS) is 18.2. The highest BCUT2D eigenvalue weighted by Crippen LogP contribution is 2.43. The summed E-state index contributed by atoms with van der Waals surface area (Å²) in [7, 11) is 4.54. The van der Waals surface area contributed by atoms with Crippen LogP contribution in [0.4, 0.5) is 0 Å². The Balaban J connectivity index is 1.53. The zero-order valence-electron chi connectivity index (χ0n) is 22.3. The van der Waals surface area contributed by atoms with Gasteiger partial charge in [-0.25, -0.2) is 0 Å². The molecule has 2 aromatic carbocycles. The van der Waals surface area contributed by atoms with Gasteiger partial charge in [-0.1, -0.05) is 12.1 Å². The lowest BCUT2D eigenvalue weighted by Crippen LogP contribution is -3.14. The maximum atomic E-state index is 13.9. The minimum Gasteiger partial charge on any atom is -0.868 e. The van der Waals surface area contributed by atoms with Crippen molar-refractivity contribution in [3.8, 4) is 17.2 Å². The van der Waals surface area contributed by atoms with Gasteiger partial charge >= 0.3 is 0 Å². The first-order chi connectivity index (χ1) is 19.0. The zero-order chi connectivity index (χ0) is 27.5. The molecule has 1 fully saturated rings. The molecule has 0 aliphatic carbocycles. The number of furan rings is 1. The van der Waals surface area contributed by atoms with Crippen LogP contribution < -0.4 is 24.2 Å². The van der Waals surface area contributed by atoms with E-state index in [-0.39, 0.29) is 11.3 Å². The van der Waals surface area contributed by atoms with Crippen molar-refractivity contribution in [2.45, 2.75) is 12.5 Å². The number of morpholine rings is 1. The molecule has 206 valence electrons. The van der Waals surface area contributed by atoms with E-state index in [0.717, 1.165) is 19.6 Å². The van der Waals surface area contributed by atoms with Crippen LogP contribution in [0, 0.1) is 0 Å². The number of amides is 1. The van der Waals surface area contributed by atoms with Crippen molar-refractivity contribution >= 4 is 22.7 Å². The Hall–Kier alpha value is -4.02. The Morgan fingerprint density at radius 3 is 2.54 bits per heavy atom. The summed E-state index contributed by atoms with van der Waals surface area (Å²) in [5.41, 5.74) is 0.705. The van der Waals surface area contributed by atoms with E-state index in [0.29, 0.717) is 60.0 Å². The van der Waals surface area contributed by atoms with Gasteiger partial charge in [-0.2, -0.15) is 0 Å². The number of carbonyl (C=O) groups excluding carboxylic acids is 2. The van der Waals surface area contributed by atoms with Crippen molar-refractivity contribution in [3.63, 3.8) is 0 Å². The monoisotopic (exact) mass is 536 g/mol. The summed E-state index contributed by atoms with van der Waals surface area (Å²) in [5, 5.41) is 14.1. The molecule has 1 saturated heterocycles. The number of carbonyl (C=O) groups is 2. The van der Waals surface area contributed by atoms with Crippen molar-refractivity contribution < 1.29 is 43.0 Å². The summed E-state index contributed by atoms with van der Waals surface area (Å²) in [4.78, 5) is 30.2. The maximum Gasteiger partial charge on any atom is 0.239 e. The van der Waals surface area contributed by atoms with E-state index in [1.807, 2.05) is 0 Å². The first-order valence-corrected chi connectivity index (χ1v) is 12.9. The largest absolute Gasteiger partial charge is 0.868 e. The Morgan fingerprint density at radius 2 is 1.82 bits per heavy atom. The molecular weight excluding hydrogens is 504 g/mol. The Kier molecular flexibility index (Phi) is 7.76. The van der Waals surface area contributed by atoms with Crippen LogP contribution in [0.15, 0.2) is 58.2 Å². The molecule has 5 rings (SSSR count). The number of fused-ring (bicyclic) bond motifs is 1. The van der Waals surface area contributed by atoms with E-state index in [1.54, 1.807) is 42.5 Å². The summed E-state index contributed by atoms with van der Waals surface area (Å²) in [6, 6.07) is 11.0. The highest BCUT2D eigenvalue weighted by Gasteiger charge is 2.42. The van der Waals surface area contributed by atoms with Crippen LogP contribution in [0.1, 0.15) is 28.6 Å². The molecule has 3 heterocycles. The Morgan fingerprint density at radius 1 is 1.05 bits per heavy atom. The van der Waals surface area contributed by atoms with Gasteiger partial charge in [0.05, 0.1) is 47.1 Å². The fourth-order valence-electron chi connectivity index (χ4n) is 5.33. The van der Waals surface area contributed by atoms with E-state index in [4.69, 9.17) is 23.4 Å². The number of nitrogens with zero attached hydrogens (tertiary/aromatic N) is 1. The average Bonchev–Trinajstić information content (AvgIpc) is 3.52. The molecule has 2 aliphatic heterocycles.